The van der Waals surface area contributed by atoms with Crippen LogP contribution in [0.15, 0.2) is 54.6 Å². The second-order valence-electron chi connectivity index (χ2n) is 5.63. The summed E-state index contributed by atoms with van der Waals surface area (Å²) < 4.78 is 0. The summed E-state index contributed by atoms with van der Waals surface area (Å²) in [6.07, 6.45) is 0. The average Bonchev–Trinajstić information content (AvgIpc) is 2.56. The third-order valence-electron chi connectivity index (χ3n) is 4.13. The summed E-state index contributed by atoms with van der Waals surface area (Å²) in [7, 11) is 0. The van der Waals surface area contributed by atoms with Gasteiger partial charge in [-0.25, -0.2) is 0 Å². The Morgan fingerprint density at radius 1 is 0.909 bits per heavy atom. The van der Waals surface area contributed by atoms with Gasteiger partial charge in [-0.1, -0.05) is 42.5 Å². The minimum Gasteiger partial charge on any atom is -0.368 e. The Morgan fingerprint density at radius 2 is 1.55 bits per heavy atom. The molecule has 1 aliphatic rings. The fraction of sp³-hybridized carbons (Fsp3) is 0.278. The lowest BCUT2D eigenvalue weighted by Crippen LogP contribution is -2.46. The molecule has 0 atom stereocenters. The second-order valence-corrected chi connectivity index (χ2v) is 5.63. The highest BCUT2D eigenvalue weighted by Gasteiger charge is 2.20. The van der Waals surface area contributed by atoms with Crippen molar-refractivity contribution in [2.45, 2.75) is 6.54 Å². The number of hydrogen-bond donors (Lipinski definition) is 1. The van der Waals surface area contributed by atoms with Gasteiger partial charge in [0.2, 0.25) is 0 Å². The van der Waals surface area contributed by atoms with Gasteiger partial charge in [0.15, 0.2) is 0 Å². The van der Waals surface area contributed by atoms with Crippen LogP contribution in [-0.4, -0.2) is 37.0 Å². The molecular formula is C18H21N3O. The minimum absolute atomic E-state index is 0.359. The monoisotopic (exact) mass is 295 g/mol. The maximum absolute atomic E-state index is 11.6. The molecular weight excluding hydrogens is 274 g/mol. The predicted molar refractivity (Wildman–Crippen MR) is 88.9 cm³/mol. The Balaban J connectivity index is 1.64. The molecule has 0 unspecified atom stereocenters. The van der Waals surface area contributed by atoms with Crippen LogP contribution in [0.5, 0.6) is 0 Å². The summed E-state index contributed by atoms with van der Waals surface area (Å²) in [5.41, 5.74) is 8.38. The number of piperazine rings is 1. The highest BCUT2D eigenvalue weighted by molar-refractivity contribution is 5.98. The zero-order chi connectivity index (χ0) is 15.4. The van der Waals surface area contributed by atoms with Crippen molar-refractivity contribution in [3.63, 3.8) is 0 Å². The summed E-state index contributed by atoms with van der Waals surface area (Å²) in [5.74, 6) is -0.359. The van der Waals surface area contributed by atoms with Gasteiger partial charge in [-0.2, -0.15) is 0 Å². The zero-order valence-electron chi connectivity index (χ0n) is 12.6. The Labute approximate surface area is 131 Å². The van der Waals surface area contributed by atoms with Gasteiger partial charge in [0.05, 0.1) is 5.56 Å². The van der Waals surface area contributed by atoms with Crippen molar-refractivity contribution in [3.05, 3.63) is 65.7 Å². The van der Waals surface area contributed by atoms with Crippen molar-refractivity contribution in [1.29, 1.82) is 0 Å². The molecule has 114 valence electrons. The normalized spacial score (nSPS) is 15.7. The van der Waals surface area contributed by atoms with E-state index in [9.17, 15) is 4.79 Å². The third kappa shape index (κ3) is 3.28. The van der Waals surface area contributed by atoms with Crippen molar-refractivity contribution in [3.8, 4) is 0 Å². The number of carbonyl (C=O) groups is 1. The van der Waals surface area contributed by atoms with E-state index in [0.29, 0.717) is 5.56 Å². The van der Waals surface area contributed by atoms with Gasteiger partial charge in [0, 0.05) is 38.4 Å². The number of nitrogens with two attached hydrogens (primary N) is 1. The number of amides is 1. The SMILES string of the molecule is NC(=O)c1ccccc1N1CCN(Cc2ccccc2)CC1. The highest BCUT2D eigenvalue weighted by atomic mass is 16.1. The van der Waals surface area contributed by atoms with Gasteiger partial charge >= 0.3 is 0 Å². The fourth-order valence-corrected chi connectivity index (χ4v) is 2.95. The average molecular weight is 295 g/mol. The van der Waals surface area contributed by atoms with E-state index in [2.05, 4.69) is 34.1 Å². The summed E-state index contributed by atoms with van der Waals surface area (Å²) >= 11 is 0. The number of anilines is 1. The van der Waals surface area contributed by atoms with Crippen molar-refractivity contribution in [2.24, 2.45) is 5.73 Å². The molecule has 1 saturated heterocycles. The lowest BCUT2D eigenvalue weighted by Gasteiger charge is -2.36. The summed E-state index contributed by atoms with van der Waals surface area (Å²) in [6.45, 7) is 4.78. The lowest BCUT2D eigenvalue weighted by molar-refractivity contribution is 0.100. The van der Waals surface area contributed by atoms with Crippen LogP contribution in [0.25, 0.3) is 0 Å². The lowest BCUT2D eigenvalue weighted by atomic mass is 10.1. The van der Waals surface area contributed by atoms with Crippen molar-refractivity contribution < 1.29 is 4.79 Å². The molecule has 3 rings (SSSR count). The van der Waals surface area contributed by atoms with Gasteiger partial charge < -0.3 is 10.6 Å². The van der Waals surface area contributed by atoms with E-state index in [-0.39, 0.29) is 5.91 Å². The third-order valence-corrected chi connectivity index (χ3v) is 4.13. The van der Waals surface area contributed by atoms with Crippen molar-refractivity contribution >= 4 is 11.6 Å². The van der Waals surface area contributed by atoms with Gasteiger partial charge in [0.1, 0.15) is 0 Å². The fourth-order valence-electron chi connectivity index (χ4n) is 2.95. The molecule has 0 aliphatic carbocycles. The molecule has 0 bridgehead atoms. The number of rotatable bonds is 4. The number of primary amides is 1. The molecule has 0 radical (unpaired) electrons. The molecule has 0 aromatic heterocycles. The van der Waals surface area contributed by atoms with Gasteiger partial charge in [0.25, 0.3) is 5.91 Å². The molecule has 4 nitrogen and oxygen atoms in total. The summed E-state index contributed by atoms with van der Waals surface area (Å²) in [6, 6.07) is 18.1. The maximum atomic E-state index is 11.6. The molecule has 0 saturated carbocycles. The van der Waals surface area contributed by atoms with Crippen molar-refractivity contribution in [2.75, 3.05) is 31.1 Å². The standard InChI is InChI=1S/C18H21N3O/c19-18(22)16-8-4-5-9-17(16)21-12-10-20(11-13-21)14-15-6-2-1-3-7-15/h1-9H,10-14H2,(H2,19,22). The molecule has 1 amide bonds. The van der Waals surface area contributed by atoms with E-state index in [1.807, 2.05) is 24.3 Å². The van der Waals surface area contributed by atoms with E-state index in [4.69, 9.17) is 5.73 Å². The van der Waals surface area contributed by atoms with Crippen LogP contribution >= 0.6 is 0 Å². The van der Waals surface area contributed by atoms with Crippen LogP contribution in [0, 0.1) is 0 Å². The second kappa shape index (κ2) is 6.62. The summed E-state index contributed by atoms with van der Waals surface area (Å²) in [4.78, 5) is 16.2. The molecule has 0 spiro atoms. The van der Waals surface area contributed by atoms with E-state index in [0.717, 1.165) is 38.4 Å². The van der Waals surface area contributed by atoms with Gasteiger partial charge in [-0.05, 0) is 17.7 Å². The number of nitrogens with zero attached hydrogens (tertiary/aromatic N) is 2. The van der Waals surface area contributed by atoms with E-state index in [1.54, 1.807) is 6.07 Å². The molecule has 1 heterocycles. The first-order valence-corrected chi connectivity index (χ1v) is 7.64. The zero-order valence-corrected chi connectivity index (χ0v) is 12.6. The smallest absolute Gasteiger partial charge is 0.250 e. The van der Waals surface area contributed by atoms with Crippen molar-refractivity contribution in [1.82, 2.24) is 4.90 Å². The number of hydrogen-bond acceptors (Lipinski definition) is 3. The first-order valence-electron chi connectivity index (χ1n) is 7.64. The Morgan fingerprint density at radius 3 is 2.23 bits per heavy atom. The van der Waals surface area contributed by atoms with Crippen LogP contribution in [0.2, 0.25) is 0 Å². The number of carbonyl (C=O) groups excluding carboxylic acids is 1. The molecule has 22 heavy (non-hydrogen) atoms. The predicted octanol–water partition coefficient (Wildman–Crippen LogP) is 2.11. The van der Waals surface area contributed by atoms with E-state index >= 15 is 0 Å². The molecule has 2 N–H and O–H groups in total. The molecule has 2 aromatic carbocycles. The van der Waals surface area contributed by atoms with E-state index in [1.165, 1.54) is 5.56 Å². The minimum atomic E-state index is -0.359. The Hall–Kier alpha value is -2.33. The van der Waals surface area contributed by atoms with Crippen LogP contribution in [0.1, 0.15) is 15.9 Å². The Bertz CT molecular complexity index is 634. The molecule has 1 fully saturated rings. The van der Waals surface area contributed by atoms with Crippen LogP contribution in [-0.2, 0) is 6.54 Å². The largest absolute Gasteiger partial charge is 0.368 e. The van der Waals surface area contributed by atoms with Crippen LogP contribution in [0.3, 0.4) is 0 Å². The van der Waals surface area contributed by atoms with Crippen LogP contribution < -0.4 is 10.6 Å². The first-order chi connectivity index (χ1) is 10.7. The molecule has 2 aromatic rings. The topological polar surface area (TPSA) is 49.6 Å². The number of para-hydroxylation sites is 1. The maximum Gasteiger partial charge on any atom is 0.250 e. The molecule has 4 heteroatoms. The quantitative estimate of drug-likeness (QED) is 0.940. The number of benzene rings is 2. The molecule has 1 aliphatic heterocycles. The Kier molecular flexibility index (Phi) is 4.39. The van der Waals surface area contributed by atoms with Gasteiger partial charge in [-0.15, -0.1) is 0 Å². The highest BCUT2D eigenvalue weighted by Crippen LogP contribution is 2.21. The first kappa shape index (κ1) is 14.6. The van der Waals surface area contributed by atoms with Gasteiger partial charge in [-0.3, -0.25) is 9.69 Å². The van der Waals surface area contributed by atoms with Crippen LogP contribution in [0.4, 0.5) is 5.69 Å². The summed E-state index contributed by atoms with van der Waals surface area (Å²) in [5, 5.41) is 0. The van der Waals surface area contributed by atoms with E-state index < -0.39 is 0 Å².